The molecule has 2 unspecified atom stereocenters. The number of nitrogens with two attached hydrogens (primary N) is 1. The highest BCUT2D eigenvalue weighted by Gasteiger charge is 2.26. The van der Waals surface area contributed by atoms with Gasteiger partial charge in [-0.25, -0.2) is 0 Å². The van der Waals surface area contributed by atoms with E-state index in [-0.39, 0.29) is 18.0 Å². The molecule has 0 aliphatic carbocycles. The molecule has 4 nitrogen and oxygen atoms in total. The predicted molar refractivity (Wildman–Crippen MR) is 88.9 cm³/mol. The third kappa shape index (κ3) is 3.61. The van der Waals surface area contributed by atoms with Crippen molar-refractivity contribution in [2.24, 2.45) is 5.73 Å². The molecule has 2 atom stereocenters. The number of aryl methyl sites for hydroxylation is 1. The van der Waals surface area contributed by atoms with Gasteiger partial charge in [-0.3, -0.25) is 4.79 Å². The summed E-state index contributed by atoms with van der Waals surface area (Å²) in [4.78, 5) is 11.8. The third-order valence-corrected chi connectivity index (χ3v) is 4.31. The molecule has 0 fully saturated rings. The third-order valence-electron chi connectivity index (χ3n) is 4.31. The van der Waals surface area contributed by atoms with Crippen LogP contribution in [-0.2, 0) is 11.2 Å². The first kappa shape index (κ1) is 16.8. The standard InChI is InChI=1S/C18H28N2O2/c1-4-7-15(19)13-10-12(5-2)18-14(11-13)16(8-9-22-18)20-17(21)6-3/h10-11,15-16H,4-9,19H2,1-3H3,(H,20,21). The van der Waals surface area contributed by atoms with Gasteiger partial charge in [0.15, 0.2) is 0 Å². The van der Waals surface area contributed by atoms with Crippen LogP contribution >= 0.6 is 0 Å². The Morgan fingerprint density at radius 1 is 1.41 bits per heavy atom. The average Bonchev–Trinajstić information content (AvgIpc) is 2.54. The van der Waals surface area contributed by atoms with E-state index in [2.05, 4.69) is 31.3 Å². The van der Waals surface area contributed by atoms with Crippen molar-refractivity contribution < 1.29 is 9.53 Å². The molecule has 22 heavy (non-hydrogen) atoms. The Labute approximate surface area is 133 Å². The van der Waals surface area contributed by atoms with Crippen LogP contribution in [0.4, 0.5) is 0 Å². The van der Waals surface area contributed by atoms with Gasteiger partial charge in [0, 0.05) is 24.4 Å². The first-order chi connectivity index (χ1) is 10.6. The maximum absolute atomic E-state index is 11.8. The molecule has 0 spiro atoms. The summed E-state index contributed by atoms with van der Waals surface area (Å²) in [5, 5.41) is 3.11. The number of amides is 1. The summed E-state index contributed by atoms with van der Waals surface area (Å²) in [6.07, 6.45) is 4.25. The molecule has 1 aliphatic rings. The zero-order valence-corrected chi connectivity index (χ0v) is 13.9. The molecule has 4 heteroatoms. The SMILES string of the molecule is CCCC(N)c1cc(CC)c2c(c1)C(NC(=O)CC)CCO2. The van der Waals surface area contributed by atoms with Crippen molar-refractivity contribution in [1.29, 1.82) is 0 Å². The van der Waals surface area contributed by atoms with Crippen molar-refractivity contribution in [2.75, 3.05) is 6.61 Å². The Kier molecular flexibility index (Phi) is 5.83. The summed E-state index contributed by atoms with van der Waals surface area (Å²) in [5.41, 5.74) is 9.74. The molecule has 0 saturated carbocycles. The number of carbonyl (C=O) groups excluding carboxylic acids is 1. The number of nitrogens with one attached hydrogen (secondary N) is 1. The number of hydrogen-bond donors (Lipinski definition) is 2. The van der Waals surface area contributed by atoms with Crippen LogP contribution in [0, 0.1) is 0 Å². The minimum atomic E-state index is 0.0373. The van der Waals surface area contributed by atoms with Gasteiger partial charge in [-0.05, 0) is 30.0 Å². The average molecular weight is 304 g/mol. The highest BCUT2D eigenvalue weighted by molar-refractivity contribution is 5.76. The summed E-state index contributed by atoms with van der Waals surface area (Å²) < 4.78 is 5.89. The minimum absolute atomic E-state index is 0.0373. The Hall–Kier alpha value is -1.55. The van der Waals surface area contributed by atoms with E-state index in [1.165, 1.54) is 5.56 Å². The number of fused-ring (bicyclic) bond motifs is 1. The van der Waals surface area contributed by atoms with Gasteiger partial charge >= 0.3 is 0 Å². The van der Waals surface area contributed by atoms with Crippen molar-refractivity contribution >= 4 is 5.91 Å². The van der Waals surface area contributed by atoms with Gasteiger partial charge in [-0.2, -0.15) is 0 Å². The number of carbonyl (C=O) groups is 1. The molecule has 0 radical (unpaired) electrons. The van der Waals surface area contributed by atoms with E-state index in [4.69, 9.17) is 10.5 Å². The van der Waals surface area contributed by atoms with Crippen LogP contribution in [-0.4, -0.2) is 12.5 Å². The molecule has 0 saturated heterocycles. The second-order valence-electron chi connectivity index (χ2n) is 5.96. The number of hydrogen-bond acceptors (Lipinski definition) is 3. The normalized spacial score (nSPS) is 18.3. The lowest BCUT2D eigenvalue weighted by Crippen LogP contribution is -2.32. The number of rotatable bonds is 6. The zero-order valence-electron chi connectivity index (χ0n) is 13.9. The lowest BCUT2D eigenvalue weighted by molar-refractivity contribution is -0.121. The van der Waals surface area contributed by atoms with Gasteiger partial charge in [0.2, 0.25) is 5.91 Å². The molecular formula is C18H28N2O2. The molecule has 122 valence electrons. The first-order valence-corrected chi connectivity index (χ1v) is 8.45. The largest absolute Gasteiger partial charge is 0.493 e. The summed E-state index contributed by atoms with van der Waals surface area (Å²) in [6, 6.07) is 4.39. The first-order valence-electron chi connectivity index (χ1n) is 8.45. The fourth-order valence-corrected chi connectivity index (χ4v) is 3.01. The molecule has 1 aliphatic heterocycles. The Morgan fingerprint density at radius 2 is 2.18 bits per heavy atom. The summed E-state index contributed by atoms with van der Waals surface area (Å²) in [7, 11) is 0. The van der Waals surface area contributed by atoms with Gasteiger partial charge in [-0.1, -0.05) is 33.3 Å². The van der Waals surface area contributed by atoms with Gasteiger partial charge in [0.25, 0.3) is 0 Å². The number of benzene rings is 1. The minimum Gasteiger partial charge on any atom is -0.493 e. The molecule has 2 rings (SSSR count). The van der Waals surface area contributed by atoms with Crippen molar-refractivity contribution in [3.05, 3.63) is 28.8 Å². The van der Waals surface area contributed by atoms with E-state index >= 15 is 0 Å². The van der Waals surface area contributed by atoms with Crippen LogP contribution in [0.5, 0.6) is 5.75 Å². The molecule has 0 aromatic heterocycles. The smallest absolute Gasteiger partial charge is 0.220 e. The van der Waals surface area contributed by atoms with Gasteiger partial charge in [-0.15, -0.1) is 0 Å². The Balaban J connectivity index is 2.39. The molecule has 0 bridgehead atoms. The number of ether oxygens (including phenoxy) is 1. The lowest BCUT2D eigenvalue weighted by Gasteiger charge is -2.30. The second-order valence-corrected chi connectivity index (χ2v) is 5.96. The summed E-state index contributed by atoms with van der Waals surface area (Å²) >= 11 is 0. The van der Waals surface area contributed by atoms with Crippen molar-refractivity contribution in [3.8, 4) is 5.75 Å². The van der Waals surface area contributed by atoms with Gasteiger partial charge < -0.3 is 15.8 Å². The van der Waals surface area contributed by atoms with Gasteiger partial charge in [0.1, 0.15) is 5.75 Å². The maximum atomic E-state index is 11.8. The van der Waals surface area contributed by atoms with Crippen molar-refractivity contribution in [3.63, 3.8) is 0 Å². The fourth-order valence-electron chi connectivity index (χ4n) is 3.01. The maximum Gasteiger partial charge on any atom is 0.220 e. The van der Waals surface area contributed by atoms with E-state index in [0.717, 1.165) is 42.6 Å². The molecule has 1 amide bonds. The van der Waals surface area contributed by atoms with E-state index < -0.39 is 0 Å². The van der Waals surface area contributed by atoms with E-state index in [1.54, 1.807) is 0 Å². The summed E-state index contributed by atoms with van der Waals surface area (Å²) in [6.45, 7) is 6.80. The van der Waals surface area contributed by atoms with Crippen LogP contribution in [0.15, 0.2) is 12.1 Å². The van der Waals surface area contributed by atoms with Crippen molar-refractivity contribution in [2.45, 2.75) is 65.0 Å². The highest BCUT2D eigenvalue weighted by Crippen LogP contribution is 2.38. The Bertz CT molecular complexity index is 528. The van der Waals surface area contributed by atoms with E-state index in [9.17, 15) is 4.79 Å². The molecule has 1 aromatic carbocycles. The summed E-state index contributed by atoms with van der Waals surface area (Å²) in [5.74, 6) is 1.03. The zero-order chi connectivity index (χ0) is 16.1. The predicted octanol–water partition coefficient (Wildman–Crippen LogP) is 3.40. The molecule has 1 aromatic rings. The molecule has 1 heterocycles. The van der Waals surface area contributed by atoms with Crippen LogP contribution in [0.25, 0.3) is 0 Å². The second kappa shape index (κ2) is 7.63. The van der Waals surface area contributed by atoms with Gasteiger partial charge in [0.05, 0.1) is 12.6 Å². The molecular weight excluding hydrogens is 276 g/mol. The van der Waals surface area contributed by atoms with E-state index in [0.29, 0.717) is 13.0 Å². The lowest BCUT2D eigenvalue weighted by atomic mass is 9.90. The Morgan fingerprint density at radius 3 is 2.82 bits per heavy atom. The van der Waals surface area contributed by atoms with Crippen LogP contribution in [0.1, 0.15) is 75.2 Å². The highest BCUT2D eigenvalue weighted by atomic mass is 16.5. The van der Waals surface area contributed by atoms with E-state index in [1.807, 2.05) is 6.92 Å². The van der Waals surface area contributed by atoms with Crippen LogP contribution in [0.3, 0.4) is 0 Å². The van der Waals surface area contributed by atoms with Crippen molar-refractivity contribution in [1.82, 2.24) is 5.32 Å². The molecule has 3 N–H and O–H groups in total. The van der Waals surface area contributed by atoms with Crippen LogP contribution in [0.2, 0.25) is 0 Å². The monoisotopic (exact) mass is 304 g/mol. The van der Waals surface area contributed by atoms with Crippen LogP contribution < -0.4 is 15.8 Å². The fraction of sp³-hybridized carbons (Fsp3) is 0.611. The quantitative estimate of drug-likeness (QED) is 0.846. The topological polar surface area (TPSA) is 64.3 Å².